The van der Waals surface area contributed by atoms with Crippen molar-refractivity contribution in [1.29, 1.82) is 0 Å². The van der Waals surface area contributed by atoms with Crippen LogP contribution in [0.4, 0.5) is 0 Å². The number of rotatable bonds is 6. The van der Waals surface area contributed by atoms with E-state index in [4.69, 9.17) is 10.0 Å². The first-order valence-corrected chi connectivity index (χ1v) is 4.19. The molecule has 2 N–H and O–H groups in total. The van der Waals surface area contributed by atoms with Crippen molar-refractivity contribution in [2.45, 2.75) is 38.4 Å². The van der Waals surface area contributed by atoms with E-state index in [0.717, 1.165) is 25.7 Å². The molecule has 0 aliphatic rings. The smallest absolute Gasteiger partial charge is 0.427 e. The average molecular weight is 156 g/mol. The second-order valence-corrected chi connectivity index (χ2v) is 2.83. The zero-order chi connectivity index (χ0) is 8.69. The van der Waals surface area contributed by atoms with Gasteiger partial charge in [-0.25, -0.2) is 0 Å². The Morgan fingerprint density at radius 3 is 2.45 bits per heavy atom. The summed E-state index contributed by atoms with van der Waals surface area (Å²) < 4.78 is 0. The summed E-state index contributed by atoms with van der Waals surface area (Å²) in [4.78, 5) is 0. The van der Waals surface area contributed by atoms with Crippen LogP contribution >= 0.6 is 0 Å². The van der Waals surface area contributed by atoms with Crippen LogP contribution in [0.1, 0.15) is 32.6 Å². The van der Waals surface area contributed by atoms with E-state index < -0.39 is 7.12 Å². The minimum Gasteiger partial charge on any atom is -0.427 e. The maximum Gasteiger partial charge on any atom is 0.454 e. The van der Waals surface area contributed by atoms with Gasteiger partial charge in [0, 0.05) is 0 Å². The molecule has 0 aromatic carbocycles. The van der Waals surface area contributed by atoms with Gasteiger partial charge in [-0.05, 0) is 18.7 Å². The van der Waals surface area contributed by atoms with E-state index in [1.807, 2.05) is 13.0 Å². The molecule has 0 radical (unpaired) electrons. The largest absolute Gasteiger partial charge is 0.454 e. The molecule has 0 heterocycles. The highest BCUT2D eigenvalue weighted by molar-refractivity contribution is 6.43. The predicted molar refractivity (Wildman–Crippen MR) is 48.3 cm³/mol. The van der Waals surface area contributed by atoms with E-state index in [-0.39, 0.29) is 5.82 Å². The van der Waals surface area contributed by atoms with Crippen molar-refractivity contribution < 1.29 is 10.0 Å². The van der Waals surface area contributed by atoms with Crippen molar-refractivity contribution in [1.82, 2.24) is 0 Å². The van der Waals surface area contributed by atoms with Crippen LogP contribution in [0.2, 0.25) is 5.82 Å². The molecule has 64 valence electrons. The summed E-state index contributed by atoms with van der Waals surface area (Å²) in [5.74, 6) is 0.0259. The van der Waals surface area contributed by atoms with E-state index in [1.54, 1.807) is 0 Å². The third-order valence-electron chi connectivity index (χ3n) is 1.82. The third-order valence-corrected chi connectivity index (χ3v) is 1.82. The first-order valence-electron chi connectivity index (χ1n) is 4.19. The molecule has 0 fully saturated rings. The van der Waals surface area contributed by atoms with Crippen molar-refractivity contribution in [3.63, 3.8) is 0 Å². The summed E-state index contributed by atoms with van der Waals surface area (Å²) in [5, 5.41) is 17.8. The lowest BCUT2D eigenvalue weighted by molar-refractivity contribution is 0.372. The van der Waals surface area contributed by atoms with Crippen LogP contribution in [-0.4, -0.2) is 17.2 Å². The normalized spacial score (nSPS) is 12.6. The molecule has 0 amide bonds. The van der Waals surface area contributed by atoms with Crippen LogP contribution in [0.3, 0.4) is 0 Å². The standard InChI is InChI=1S/C8H17BO2/c1-3-5-7-8(6-4-2)9(10)11/h3,8,10-11H,1,4-7H2,2H3. The highest BCUT2D eigenvalue weighted by Gasteiger charge is 2.20. The van der Waals surface area contributed by atoms with Gasteiger partial charge in [-0.2, -0.15) is 0 Å². The second kappa shape index (κ2) is 6.44. The number of hydrogen-bond donors (Lipinski definition) is 2. The van der Waals surface area contributed by atoms with Gasteiger partial charge >= 0.3 is 7.12 Å². The van der Waals surface area contributed by atoms with Crippen molar-refractivity contribution in [3.05, 3.63) is 12.7 Å². The molecule has 0 spiro atoms. The van der Waals surface area contributed by atoms with Gasteiger partial charge < -0.3 is 10.0 Å². The molecule has 3 heteroatoms. The molecule has 1 atom stereocenters. The minimum atomic E-state index is -1.16. The molecule has 0 saturated heterocycles. The molecule has 0 rings (SSSR count). The zero-order valence-electron chi connectivity index (χ0n) is 7.16. The second-order valence-electron chi connectivity index (χ2n) is 2.83. The van der Waals surface area contributed by atoms with E-state index in [1.165, 1.54) is 0 Å². The summed E-state index contributed by atoms with van der Waals surface area (Å²) in [6.45, 7) is 5.63. The first-order chi connectivity index (χ1) is 5.22. The molecule has 0 aliphatic carbocycles. The lowest BCUT2D eigenvalue weighted by Gasteiger charge is -2.12. The Morgan fingerprint density at radius 1 is 1.45 bits per heavy atom. The van der Waals surface area contributed by atoms with Crippen molar-refractivity contribution in [2.24, 2.45) is 0 Å². The Hall–Kier alpha value is -0.275. The van der Waals surface area contributed by atoms with Crippen LogP contribution in [0, 0.1) is 0 Å². The summed E-state index contributed by atoms with van der Waals surface area (Å²) in [6.07, 6.45) is 5.38. The van der Waals surface area contributed by atoms with Gasteiger partial charge in [0.15, 0.2) is 0 Å². The molecule has 0 aromatic rings. The molecule has 0 aliphatic heterocycles. The Balaban J connectivity index is 3.59. The molecule has 0 saturated carbocycles. The maximum atomic E-state index is 8.89. The SMILES string of the molecule is C=CCCC(CCC)B(O)O. The fraction of sp³-hybridized carbons (Fsp3) is 0.750. The Labute approximate surface area is 69.1 Å². The lowest BCUT2D eigenvalue weighted by atomic mass is 9.68. The third kappa shape index (κ3) is 5.05. The van der Waals surface area contributed by atoms with Gasteiger partial charge in [0.1, 0.15) is 0 Å². The zero-order valence-corrected chi connectivity index (χ0v) is 7.16. The molecule has 1 unspecified atom stereocenters. The Kier molecular flexibility index (Phi) is 6.28. The average Bonchev–Trinajstić information content (AvgIpc) is 1.97. The minimum absolute atomic E-state index is 0.0259. The topological polar surface area (TPSA) is 40.5 Å². The van der Waals surface area contributed by atoms with Crippen molar-refractivity contribution in [3.8, 4) is 0 Å². The Morgan fingerprint density at radius 2 is 2.09 bits per heavy atom. The van der Waals surface area contributed by atoms with Crippen LogP contribution in [0.25, 0.3) is 0 Å². The van der Waals surface area contributed by atoms with Crippen LogP contribution in [0.5, 0.6) is 0 Å². The predicted octanol–water partition coefficient (Wildman–Crippen LogP) is 1.60. The monoisotopic (exact) mass is 156 g/mol. The maximum absolute atomic E-state index is 8.89. The van der Waals surface area contributed by atoms with Gasteiger partial charge in [-0.15, -0.1) is 6.58 Å². The first kappa shape index (κ1) is 10.7. The lowest BCUT2D eigenvalue weighted by Crippen LogP contribution is -2.19. The number of hydrogen-bond acceptors (Lipinski definition) is 2. The summed E-state index contributed by atoms with van der Waals surface area (Å²) in [5.41, 5.74) is 0. The summed E-state index contributed by atoms with van der Waals surface area (Å²) in [6, 6.07) is 0. The molecular formula is C8H17BO2. The van der Waals surface area contributed by atoms with Gasteiger partial charge in [0.25, 0.3) is 0 Å². The van der Waals surface area contributed by atoms with E-state index in [9.17, 15) is 0 Å². The molecule has 11 heavy (non-hydrogen) atoms. The van der Waals surface area contributed by atoms with Crippen molar-refractivity contribution in [2.75, 3.05) is 0 Å². The van der Waals surface area contributed by atoms with Gasteiger partial charge in [0.05, 0.1) is 0 Å². The van der Waals surface area contributed by atoms with Crippen LogP contribution in [-0.2, 0) is 0 Å². The van der Waals surface area contributed by atoms with Crippen molar-refractivity contribution >= 4 is 7.12 Å². The van der Waals surface area contributed by atoms with Gasteiger partial charge in [-0.1, -0.05) is 25.8 Å². The fourth-order valence-corrected chi connectivity index (χ4v) is 1.15. The highest BCUT2D eigenvalue weighted by atomic mass is 16.4. The van der Waals surface area contributed by atoms with E-state index in [2.05, 4.69) is 6.58 Å². The molecule has 0 bridgehead atoms. The quantitative estimate of drug-likeness (QED) is 0.452. The highest BCUT2D eigenvalue weighted by Crippen LogP contribution is 2.21. The molecule has 0 aromatic heterocycles. The fourth-order valence-electron chi connectivity index (χ4n) is 1.15. The number of allylic oxidation sites excluding steroid dienone is 1. The molecule has 2 nitrogen and oxygen atoms in total. The van der Waals surface area contributed by atoms with Crippen LogP contribution in [0.15, 0.2) is 12.7 Å². The van der Waals surface area contributed by atoms with E-state index >= 15 is 0 Å². The Bertz CT molecular complexity index is 104. The van der Waals surface area contributed by atoms with Gasteiger partial charge in [0.2, 0.25) is 0 Å². The van der Waals surface area contributed by atoms with E-state index in [0.29, 0.717) is 0 Å². The summed E-state index contributed by atoms with van der Waals surface area (Å²) in [7, 11) is -1.16. The van der Waals surface area contributed by atoms with Gasteiger partial charge in [-0.3, -0.25) is 0 Å². The van der Waals surface area contributed by atoms with Crippen LogP contribution < -0.4 is 0 Å². The summed E-state index contributed by atoms with van der Waals surface area (Å²) >= 11 is 0. The molecular weight excluding hydrogens is 139 g/mol.